The van der Waals surface area contributed by atoms with Crippen LogP contribution in [0.5, 0.6) is 23.0 Å². The Kier molecular flexibility index (Phi) is 4.96. The minimum atomic E-state index is -0.0141. The van der Waals surface area contributed by atoms with Crippen molar-refractivity contribution >= 4 is 0 Å². The van der Waals surface area contributed by atoms with Crippen LogP contribution in [0.25, 0.3) is 11.1 Å². The van der Waals surface area contributed by atoms with Crippen LogP contribution in [0.3, 0.4) is 0 Å². The van der Waals surface area contributed by atoms with Crippen molar-refractivity contribution in [3.8, 4) is 34.1 Å². The highest BCUT2D eigenvalue weighted by atomic mass is 16.5. The van der Waals surface area contributed by atoms with Crippen molar-refractivity contribution < 1.29 is 9.47 Å². The van der Waals surface area contributed by atoms with E-state index in [-0.39, 0.29) is 5.41 Å². The number of fused-ring (bicyclic) bond motifs is 17. The minimum absolute atomic E-state index is 0.0141. The second kappa shape index (κ2) is 8.65. The first-order valence-electron chi connectivity index (χ1n) is 16.6. The molecule has 2 nitrogen and oxygen atoms in total. The van der Waals surface area contributed by atoms with E-state index in [4.69, 9.17) is 9.47 Å². The van der Waals surface area contributed by atoms with Gasteiger partial charge in [-0.3, -0.25) is 0 Å². The molecular formula is C41H38O2. The van der Waals surface area contributed by atoms with E-state index in [1.54, 1.807) is 0 Å². The van der Waals surface area contributed by atoms with Gasteiger partial charge in [0.1, 0.15) is 23.0 Å². The average molecular weight is 563 g/mol. The van der Waals surface area contributed by atoms with Gasteiger partial charge in [0.15, 0.2) is 0 Å². The number of allylic oxidation sites excluding steroid dienone is 2. The van der Waals surface area contributed by atoms with Gasteiger partial charge in [0.25, 0.3) is 0 Å². The Bertz CT molecular complexity index is 1680. The topological polar surface area (TPSA) is 18.5 Å². The smallest absolute Gasteiger partial charge is 0.127 e. The molecule has 4 saturated carbocycles. The maximum absolute atomic E-state index is 6.47. The molecule has 0 N–H and O–H groups in total. The molecular weight excluding hydrogens is 524 g/mol. The molecule has 214 valence electrons. The van der Waals surface area contributed by atoms with Crippen molar-refractivity contribution in [2.24, 2.45) is 59.2 Å². The van der Waals surface area contributed by atoms with Gasteiger partial charge in [-0.2, -0.15) is 0 Å². The van der Waals surface area contributed by atoms with Gasteiger partial charge in [-0.15, -0.1) is 0 Å². The lowest BCUT2D eigenvalue weighted by atomic mass is 9.63. The van der Waals surface area contributed by atoms with Gasteiger partial charge >= 0.3 is 0 Å². The third-order valence-electron chi connectivity index (χ3n) is 13.3. The molecule has 4 bridgehead atoms. The Balaban J connectivity index is 1.10. The zero-order chi connectivity index (χ0) is 28.4. The van der Waals surface area contributed by atoms with Crippen LogP contribution in [-0.4, -0.2) is 0 Å². The highest BCUT2D eigenvalue weighted by Crippen LogP contribution is 2.77. The number of hydrogen-bond donors (Lipinski definition) is 0. The van der Waals surface area contributed by atoms with Crippen molar-refractivity contribution in [3.05, 3.63) is 120 Å². The zero-order valence-electron chi connectivity index (χ0n) is 24.9. The van der Waals surface area contributed by atoms with Gasteiger partial charge in [-0.25, -0.2) is 0 Å². The molecule has 6 aliphatic rings. The Morgan fingerprint density at radius 1 is 0.558 bits per heavy atom. The highest BCUT2D eigenvalue weighted by Gasteiger charge is 2.72. The van der Waals surface area contributed by atoms with Crippen LogP contribution in [-0.2, 0) is 5.41 Å². The lowest BCUT2D eigenvalue weighted by Gasteiger charge is -2.41. The van der Waals surface area contributed by atoms with Crippen molar-refractivity contribution in [3.63, 3.8) is 0 Å². The third-order valence-corrected chi connectivity index (χ3v) is 13.3. The fourth-order valence-electron chi connectivity index (χ4n) is 12.0. The van der Waals surface area contributed by atoms with E-state index in [1.807, 2.05) is 60.7 Å². The van der Waals surface area contributed by atoms with Crippen LogP contribution >= 0.6 is 0 Å². The Hall–Kier alpha value is -3.78. The van der Waals surface area contributed by atoms with Crippen LogP contribution in [0.15, 0.2) is 109 Å². The van der Waals surface area contributed by atoms with Crippen molar-refractivity contribution in [2.45, 2.75) is 32.1 Å². The van der Waals surface area contributed by atoms with E-state index in [9.17, 15) is 0 Å². The largest absolute Gasteiger partial charge is 0.457 e. The predicted molar refractivity (Wildman–Crippen MR) is 170 cm³/mol. The molecule has 6 aliphatic carbocycles. The molecule has 0 radical (unpaired) electrons. The molecule has 1 spiro atoms. The minimum Gasteiger partial charge on any atom is -0.457 e. The Labute approximate surface area is 254 Å². The second-order valence-electron chi connectivity index (χ2n) is 14.6. The van der Waals surface area contributed by atoms with Crippen molar-refractivity contribution in [1.29, 1.82) is 0 Å². The first-order chi connectivity index (χ1) is 21.1. The van der Waals surface area contributed by atoms with Crippen LogP contribution in [0.2, 0.25) is 0 Å². The maximum atomic E-state index is 6.47. The molecule has 4 fully saturated rings. The molecule has 10 rings (SSSR count). The predicted octanol–water partition coefficient (Wildman–Crippen LogP) is 10.1. The van der Waals surface area contributed by atoms with E-state index in [0.717, 1.165) is 76.3 Å². The fraction of sp³-hybridized carbons (Fsp3) is 0.366. The summed E-state index contributed by atoms with van der Waals surface area (Å²) in [4.78, 5) is 0. The standard InChI is InChI=1S/C41H38O2/c1-23-29-17-18-30(23)40-34-21-33(39(29)40)35-22-41(24(2)38(34)35)36-19-27(42-25-9-5-3-6-10-25)13-15-31(36)32-16-14-28(20-37(32)41)43-26-11-7-4-8-12-26/h3-20,23-24,29-30,33-35,38-40H,21-22H2,1-2H3/t23?,24-,29?,30?,33?,34?,35?,38?,39?,40?/m0/s1. The summed E-state index contributed by atoms with van der Waals surface area (Å²) in [7, 11) is 0. The molecule has 0 aliphatic heterocycles. The van der Waals surface area contributed by atoms with Gasteiger partial charge in [-0.05, 0) is 143 Å². The second-order valence-corrected chi connectivity index (χ2v) is 14.6. The van der Waals surface area contributed by atoms with E-state index in [1.165, 1.54) is 35.1 Å². The lowest BCUT2D eigenvalue weighted by Crippen LogP contribution is -2.37. The number of ether oxygens (including phenoxy) is 2. The van der Waals surface area contributed by atoms with Crippen LogP contribution in [0.4, 0.5) is 0 Å². The molecule has 4 aromatic carbocycles. The number of benzene rings is 4. The van der Waals surface area contributed by atoms with E-state index in [2.05, 4.69) is 62.4 Å². The van der Waals surface area contributed by atoms with Gasteiger partial charge in [-0.1, -0.05) is 74.5 Å². The average Bonchev–Trinajstić information content (AvgIpc) is 3.86. The normalized spacial score (nSPS) is 36.0. The first kappa shape index (κ1) is 24.6. The molecule has 10 atom stereocenters. The number of hydrogen-bond acceptors (Lipinski definition) is 2. The molecule has 0 aromatic heterocycles. The van der Waals surface area contributed by atoms with E-state index < -0.39 is 0 Å². The summed E-state index contributed by atoms with van der Waals surface area (Å²) in [6, 6.07) is 34.3. The van der Waals surface area contributed by atoms with Crippen molar-refractivity contribution in [1.82, 2.24) is 0 Å². The third kappa shape index (κ3) is 3.15. The zero-order valence-corrected chi connectivity index (χ0v) is 24.9. The maximum Gasteiger partial charge on any atom is 0.127 e. The molecule has 0 amide bonds. The number of para-hydroxylation sites is 2. The van der Waals surface area contributed by atoms with Crippen LogP contribution < -0.4 is 9.47 Å². The first-order valence-corrected chi connectivity index (χ1v) is 16.6. The van der Waals surface area contributed by atoms with Crippen LogP contribution in [0.1, 0.15) is 37.8 Å². The van der Waals surface area contributed by atoms with Gasteiger partial charge in [0.2, 0.25) is 0 Å². The van der Waals surface area contributed by atoms with Gasteiger partial charge < -0.3 is 9.47 Å². The summed E-state index contributed by atoms with van der Waals surface area (Å²) in [5, 5.41) is 0. The molecule has 2 heteroatoms. The summed E-state index contributed by atoms with van der Waals surface area (Å²) in [6.07, 6.45) is 7.95. The van der Waals surface area contributed by atoms with Gasteiger partial charge in [0, 0.05) is 5.41 Å². The molecule has 0 heterocycles. The van der Waals surface area contributed by atoms with Crippen molar-refractivity contribution in [2.75, 3.05) is 0 Å². The molecule has 43 heavy (non-hydrogen) atoms. The Morgan fingerprint density at radius 3 is 1.65 bits per heavy atom. The summed E-state index contributed by atoms with van der Waals surface area (Å²) in [5.41, 5.74) is 5.72. The lowest BCUT2D eigenvalue weighted by molar-refractivity contribution is 0.0889. The van der Waals surface area contributed by atoms with E-state index in [0.29, 0.717) is 5.92 Å². The molecule has 0 saturated heterocycles. The molecule has 4 aromatic rings. The summed E-state index contributed by atoms with van der Waals surface area (Å²) < 4.78 is 12.9. The quantitative estimate of drug-likeness (QED) is 0.182. The monoisotopic (exact) mass is 562 g/mol. The van der Waals surface area contributed by atoms with E-state index >= 15 is 0 Å². The Morgan fingerprint density at radius 2 is 1.09 bits per heavy atom. The van der Waals surface area contributed by atoms with Gasteiger partial charge in [0.05, 0.1) is 0 Å². The number of rotatable bonds is 4. The highest BCUT2D eigenvalue weighted by molar-refractivity contribution is 5.83. The molecule has 9 unspecified atom stereocenters. The summed E-state index contributed by atoms with van der Waals surface area (Å²) >= 11 is 0. The summed E-state index contributed by atoms with van der Waals surface area (Å²) in [6.45, 7) is 5.15. The van der Waals surface area contributed by atoms with Crippen LogP contribution in [0, 0.1) is 59.2 Å². The fourth-order valence-corrected chi connectivity index (χ4v) is 12.0. The SMILES string of the molecule is CC1C2C=CC1C1C3CC(C4CC5(c6cc(Oc7ccccc7)ccc6-c6ccc(Oc7ccccc7)cc65)[C@@H](C)C43)C21. The summed E-state index contributed by atoms with van der Waals surface area (Å²) in [5.74, 6) is 11.9.